The normalized spacial score (nSPS) is 22.5. The van der Waals surface area contributed by atoms with Gasteiger partial charge in [-0.25, -0.2) is 0 Å². The Morgan fingerprint density at radius 3 is 2.50 bits per heavy atom. The Kier molecular flexibility index (Phi) is 6.22. The highest BCUT2D eigenvalue weighted by atomic mass is 35.5. The van der Waals surface area contributed by atoms with Crippen molar-refractivity contribution in [3.05, 3.63) is 29.3 Å². The maximum Gasteiger partial charge on any atom is 0.282 e. The molecule has 0 bridgehead atoms. The first kappa shape index (κ1) is 19.1. The average molecular weight is 376 g/mol. The van der Waals surface area contributed by atoms with E-state index < -0.39 is 16.1 Å². The lowest BCUT2D eigenvalue weighted by molar-refractivity contribution is -0.116. The number of amides is 1. The number of rotatable bonds is 5. The number of hydrogen-bond acceptors (Lipinski definition) is 4. The summed E-state index contributed by atoms with van der Waals surface area (Å²) in [4.78, 5) is 12.1. The second-order valence-electron chi connectivity index (χ2n) is 5.87. The van der Waals surface area contributed by atoms with Crippen LogP contribution in [0.2, 0.25) is 5.02 Å². The fourth-order valence-corrected chi connectivity index (χ4v) is 4.21. The van der Waals surface area contributed by atoms with Crippen LogP contribution in [0.1, 0.15) is 13.8 Å². The van der Waals surface area contributed by atoms with Crippen molar-refractivity contribution in [2.24, 2.45) is 0 Å². The minimum atomic E-state index is -3.73. The van der Waals surface area contributed by atoms with Gasteiger partial charge in [-0.3, -0.25) is 4.79 Å². The third-order valence-corrected chi connectivity index (χ3v) is 5.82. The van der Waals surface area contributed by atoms with Crippen molar-refractivity contribution in [3.8, 4) is 0 Å². The van der Waals surface area contributed by atoms with Gasteiger partial charge >= 0.3 is 0 Å². The van der Waals surface area contributed by atoms with Gasteiger partial charge in [0, 0.05) is 20.1 Å². The highest BCUT2D eigenvalue weighted by Crippen LogP contribution is 2.21. The van der Waals surface area contributed by atoms with E-state index >= 15 is 0 Å². The minimum absolute atomic E-state index is 0.186. The quantitative estimate of drug-likeness (QED) is 0.847. The molecule has 1 heterocycles. The summed E-state index contributed by atoms with van der Waals surface area (Å²) < 4.78 is 33.2. The molecule has 1 aliphatic heterocycles. The molecule has 1 saturated heterocycles. The van der Waals surface area contributed by atoms with E-state index in [1.165, 1.54) is 11.4 Å². The second kappa shape index (κ2) is 7.79. The number of halogens is 1. The summed E-state index contributed by atoms with van der Waals surface area (Å²) in [5.41, 5.74) is 0.448. The number of nitrogens with one attached hydrogen (secondary N) is 1. The predicted molar refractivity (Wildman–Crippen MR) is 93.2 cm³/mol. The molecule has 24 heavy (non-hydrogen) atoms. The first-order valence-electron chi connectivity index (χ1n) is 7.61. The lowest BCUT2D eigenvalue weighted by atomic mass is 10.3. The average Bonchev–Trinajstić information content (AvgIpc) is 2.48. The van der Waals surface area contributed by atoms with Gasteiger partial charge in [0.05, 0.1) is 29.5 Å². The standard InChI is InChI=1S/C15H22ClN3O4S/c1-11-8-19(9-12(2)23-11)24(21,22)18(3)10-15(20)17-14-7-5-4-6-13(14)16/h4-7,11-12H,8-10H2,1-3H3,(H,17,20). The van der Waals surface area contributed by atoms with E-state index in [0.717, 1.165) is 4.31 Å². The second-order valence-corrected chi connectivity index (χ2v) is 8.31. The van der Waals surface area contributed by atoms with Crippen LogP contribution in [0.4, 0.5) is 5.69 Å². The fraction of sp³-hybridized carbons (Fsp3) is 0.533. The van der Waals surface area contributed by atoms with Crippen molar-refractivity contribution in [1.29, 1.82) is 0 Å². The van der Waals surface area contributed by atoms with Gasteiger partial charge in [0.2, 0.25) is 5.91 Å². The molecule has 1 aliphatic rings. The molecule has 2 unspecified atom stereocenters. The van der Waals surface area contributed by atoms with Gasteiger partial charge in [0.15, 0.2) is 0 Å². The zero-order chi connectivity index (χ0) is 17.9. The third-order valence-electron chi connectivity index (χ3n) is 3.62. The van der Waals surface area contributed by atoms with E-state index in [9.17, 15) is 13.2 Å². The fourth-order valence-electron chi connectivity index (χ4n) is 2.55. The highest BCUT2D eigenvalue weighted by Gasteiger charge is 2.34. The molecule has 2 atom stereocenters. The molecular weight excluding hydrogens is 354 g/mol. The highest BCUT2D eigenvalue weighted by molar-refractivity contribution is 7.86. The van der Waals surface area contributed by atoms with Crippen molar-refractivity contribution < 1.29 is 17.9 Å². The van der Waals surface area contributed by atoms with Crippen LogP contribution < -0.4 is 5.32 Å². The lowest BCUT2D eigenvalue weighted by Gasteiger charge is -2.36. The summed E-state index contributed by atoms with van der Waals surface area (Å²) >= 11 is 5.98. The topological polar surface area (TPSA) is 79.0 Å². The van der Waals surface area contributed by atoms with E-state index in [1.807, 2.05) is 13.8 Å². The first-order chi connectivity index (χ1) is 11.2. The number of carbonyl (C=O) groups excluding carboxylic acids is 1. The van der Waals surface area contributed by atoms with Gasteiger partial charge in [0.25, 0.3) is 10.2 Å². The number of nitrogens with zero attached hydrogens (tertiary/aromatic N) is 2. The van der Waals surface area contributed by atoms with Gasteiger partial charge in [-0.15, -0.1) is 0 Å². The number of ether oxygens (including phenoxy) is 1. The van der Waals surface area contributed by atoms with Crippen LogP contribution in [0.25, 0.3) is 0 Å². The van der Waals surface area contributed by atoms with Gasteiger partial charge in [-0.1, -0.05) is 23.7 Å². The Morgan fingerprint density at radius 1 is 1.33 bits per heavy atom. The maximum atomic E-state index is 12.6. The molecular formula is C15H22ClN3O4S. The third kappa shape index (κ3) is 4.67. The zero-order valence-corrected chi connectivity index (χ0v) is 15.5. The van der Waals surface area contributed by atoms with Crippen LogP contribution in [0, 0.1) is 0 Å². The predicted octanol–water partition coefficient (Wildman–Crippen LogP) is 1.56. The molecule has 9 heteroatoms. The molecule has 1 fully saturated rings. The number of para-hydroxylation sites is 1. The first-order valence-corrected chi connectivity index (χ1v) is 9.39. The maximum absolute atomic E-state index is 12.6. The Bertz CT molecular complexity index is 688. The van der Waals surface area contributed by atoms with Crippen molar-refractivity contribution in [2.45, 2.75) is 26.1 Å². The molecule has 0 aliphatic carbocycles. The Hall–Kier alpha value is -1.19. The summed E-state index contributed by atoms with van der Waals surface area (Å²) in [5, 5.41) is 3.01. The van der Waals surface area contributed by atoms with E-state index in [2.05, 4.69) is 5.32 Å². The van der Waals surface area contributed by atoms with Crippen molar-refractivity contribution in [3.63, 3.8) is 0 Å². The molecule has 2 rings (SSSR count). The molecule has 7 nitrogen and oxygen atoms in total. The molecule has 134 valence electrons. The van der Waals surface area contributed by atoms with Crippen LogP contribution in [0.5, 0.6) is 0 Å². The number of anilines is 1. The van der Waals surface area contributed by atoms with Crippen LogP contribution in [0.15, 0.2) is 24.3 Å². The molecule has 1 amide bonds. The van der Waals surface area contributed by atoms with Gasteiger partial charge in [-0.2, -0.15) is 17.0 Å². The molecule has 0 spiro atoms. The van der Waals surface area contributed by atoms with E-state index in [4.69, 9.17) is 16.3 Å². The molecule has 1 aromatic rings. The summed E-state index contributed by atoms with van der Waals surface area (Å²) in [6.45, 7) is 3.88. The van der Waals surface area contributed by atoms with Crippen LogP contribution in [-0.4, -0.2) is 61.8 Å². The lowest BCUT2D eigenvalue weighted by Crippen LogP contribution is -2.53. The molecule has 1 N–H and O–H groups in total. The number of morpholine rings is 1. The Morgan fingerprint density at radius 2 is 1.92 bits per heavy atom. The SMILES string of the molecule is CC1CN(S(=O)(=O)N(C)CC(=O)Nc2ccccc2Cl)CC(C)O1. The van der Waals surface area contributed by atoms with E-state index in [-0.39, 0.29) is 31.8 Å². The summed E-state index contributed by atoms with van der Waals surface area (Å²) in [6.07, 6.45) is -0.372. The summed E-state index contributed by atoms with van der Waals surface area (Å²) in [5.74, 6) is -0.455. The van der Waals surface area contributed by atoms with Crippen LogP contribution in [0.3, 0.4) is 0 Å². The number of likely N-dealkylation sites (N-methyl/N-ethyl adjacent to an activating group) is 1. The van der Waals surface area contributed by atoms with Gasteiger partial charge < -0.3 is 10.1 Å². The van der Waals surface area contributed by atoms with Crippen molar-refractivity contribution in [1.82, 2.24) is 8.61 Å². The van der Waals surface area contributed by atoms with Gasteiger partial charge in [0.1, 0.15) is 0 Å². The van der Waals surface area contributed by atoms with Crippen molar-refractivity contribution >= 4 is 33.4 Å². The number of carbonyl (C=O) groups is 1. The molecule has 1 aromatic carbocycles. The van der Waals surface area contributed by atoms with Crippen LogP contribution in [-0.2, 0) is 19.7 Å². The van der Waals surface area contributed by atoms with Crippen LogP contribution >= 0.6 is 11.6 Å². The zero-order valence-electron chi connectivity index (χ0n) is 13.9. The molecule has 0 aromatic heterocycles. The van der Waals surface area contributed by atoms with Gasteiger partial charge in [-0.05, 0) is 26.0 Å². The Labute approximate surface area is 147 Å². The summed E-state index contributed by atoms with van der Waals surface area (Å²) in [6, 6.07) is 6.78. The number of hydrogen-bond donors (Lipinski definition) is 1. The monoisotopic (exact) mass is 375 g/mol. The summed E-state index contributed by atoms with van der Waals surface area (Å²) in [7, 11) is -2.35. The van der Waals surface area contributed by atoms with E-state index in [0.29, 0.717) is 10.7 Å². The molecule has 0 saturated carbocycles. The van der Waals surface area contributed by atoms with Crippen molar-refractivity contribution in [2.75, 3.05) is 32.0 Å². The minimum Gasteiger partial charge on any atom is -0.373 e. The Balaban J connectivity index is 2.01. The van der Waals surface area contributed by atoms with E-state index in [1.54, 1.807) is 24.3 Å². The smallest absolute Gasteiger partial charge is 0.282 e. The number of benzene rings is 1. The molecule has 0 radical (unpaired) electrons. The largest absolute Gasteiger partial charge is 0.373 e.